The molecule has 1 rings (SSSR count). The normalized spacial score (nSPS) is 11.9. The monoisotopic (exact) mass is 283 g/mol. The van der Waals surface area contributed by atoms with Gasteiger partial charge in [-0.1, -0.05) is 27.7 Å². The topological polar surface area (TPSA) is 68.0 Å². The molecule has 0 aliphatic heterocycles. The van der Waals surface area contributed by atoms with Gasteiger partial charge in [-0.3, -0.25) is 4.79 Å². The standard InChI is InChI=1S/C14H25N3OS/c1-5-14(6-2,9-15)13(18)16-7-12-17-11(8-19-12)10(3)4/h8,10H,5-7,9,15H2,1-4H3,(H,16,18). The lowest BCUT2D eigenvalue weighted by Gasteiger charge is -2.28. The Morgan fingerprint density at radius 2 is 2.11 bits per heavy atom. The van der Waals surface area contributed by atoms with E-state index in [9.17, 15) is 4.79 Å². The highest BCUT2D eigenvalue weighted by atomic mass is 32.1. The van der Waals surface area contributed by atoms with Gasteiger partial charge in [-0.05, 0) is 18.8 Å². The lowest BCUT2D eigenvalue weighted by molar-refractivity contribution is -0.131. The molecule has 0 saturated carbocycles. The lowest BCUT2D eigenvalue weighted by atomic mass is 9.81. The van der Waals surface area contributed by atoms with Gasteiger partial charge < -0.3 is 11.1 Å². The SMILES string of the molecule is CCC(CC)(CN)C(=O)NCc1nc(C(C)C)cs1. The van der Waals surface area contributed by atoms with Gasteiger partial charge in [0.15, 0.2) is 0 Å². The molecule has 0 aliphatic carbocycles. The molecule has 0 aliphatic rings. The van der Waals surface area contributed by atoms with Crippen molar-refractivity contribution in [2.75, 3.05) is 6.54 Å². The van der Waals surface area contributed by atoms with Crippen LogP contribution >= 0.6 is 11.3 Å². The Balaban J connectivity index is 2.62. The maximum Gasteiger partial charge on any atom is 0.227 e. The summed E-state index contributed by atoms with van der Waals surface area (Å²) in [6, 6.07) is 0. The van der Waals surface area contributed by atoms with Gasteiger partial charge in [0.2, 0.25) is 5.91 Å². The van der Waals surface area contributed by atoms with Crippen molar-refractivity contribution in [3.8, 4) is 0 Å². The molecule has 0 atom stereocenters. The molecule has 1 amide bonds. The average molecular weight is 283 g/mol. The third-order valence-electron chi connectivity index (χ3n) is 3.79. The summed E-state index contributed by atoms with van der Waals surface area (Å²) in [7, 11) is 0. The number of nitrogens with one attached hydrogen (secondary N) is 1. The Morgan fingerprint density at radius 3 is 2.53 bits per heavy atom. The summed E-state index contributed by atoms with van der Waals surface area (Å²) in [5.41, 5.74) is 6.42. The largest absolute Gasteiger partial charge is 0.349 e. The molecule has 0 saturated heterocycles. The first-order valence-electron chi connectivity index (χ1n) is 6.91. The summed E-state index contributed by atoms with van der Waals surface area (Å²) in [4.78, 5) is 16.8. The summed E-state index contributed by atoms with van der Waals surface area (Å²) < 4.78 is 0. The molecule has 19 heavy (non-hydrogen) atoms. The maximum absolute atomic E-state index is 12.3. The van der Waals surface area contributed by atoms with Crippen LogP contribution in [-0.2, 0) is 11.3 Å². The van der Waals surface area contributed by atoms with Crippen molar-refractivity contribution in [3.05, 3.63) is 16.1 Å². The number of aromatic nitrogens is 1. The van der Waals surface area contributed by atoms with Crippen molar-refractivity contribution in [2.24, 2.45) is 11.1 Å². The third-order valence-corrected chi connectivity index (χ3v) is 4.65. The molecule has 1 aromatic rings. The Kier molecular flexibility index (Phi) is 5.94. The van der Waals surface area contributed by atoms with Gasteiger partial charge in [0.1, 0.15) is 5.01 Å². The van der Waals surface area contributed by atoms with Crippen LogP contribution in [0.5, 0.6) is 0 Å². The van der Waals surface area contributed by atoms with E-state index < -0.39 is 5.41 Å². The van der Waals surface area contributed by atoms with E-state index in [-0.39, 0.29) is 5.91 Å². The van der Waals surface area contributed by atoms with Crippen LogP contribution in [0.4, 0.5) is 0 Å². The fraction of sp³-hybridized carbons (Fsp3) is 0.714. The minimum Gasteiger partial charge on any atom is -0.349 e. The van der Waals surface area contributed by atoms with Crippen molar-refractivity contribution < 1.29 is 4.79 Å². The van der Waals surface area contributed by atoms with E-state index in [1.807, 2.05) is 13.8 Å². The summed E-state index contributed by atoms with van der Waals surface area (Å²) in [5, 5.41) is 5.99. The van der Waals surface area contributed by atoms with E-state index >= 15 is 0 Å². The fourth-order valence-corrected chi connectivity index (χ4v) is 2.86. The van der Waals surface area contributed by atoms with E-state index in [2.05, 4.69) is 29.5 Å². The van der Waals surface area contributed by atoms with Crippen LogP contribution in [0.25, 0.3) is 0 Å². The quantitative estimate of drug-likeness (QED) is 0.808. The molecule has 108 valence electrons. The van der Waals surface area contributed by atoms with Gasteiger partial charge in [0.25, 0.3) is 0 Å². The van der Waals surface area contributed by atoms with Gasteiger partial charge in [-0.15, -0.1) is 11.3 Å². The zero-order valence-corrected chi connectivity index (χ0v) is 13.1. The van der Waals surface area contributed by atoms with Gasteiger partial charge >= 0.3 is 0 Å². The number of hydrogen-bond donors (Lipinski definition) is 2. The third kappa shape index (κ3) is 3.76. The van der Waals surface area contributed by atoms with Crippen LogP contribution in [0.15, 0.2) is 5.38 Å². The van der Waals surface area contributed by atoms with Crippen LogP contribution in [0.2, 0.25) is 0 Å². The lowest BCUT2D eigenvalue weighted by Crippen LogP contribution is -2.45. The van der Waals surface area contributed by atoms with E-state index in [1.165, 1.54) is 0 Å². The molecule has 0 fully saturated rings. The first-order valence-corrected chi connectivity index (χ1v) is 7.79. The van der Waals surface area contributed by atoms with Gasteiger partial charge in [-0.25, -0.2) is 4.98 Å². The van der Waals surface area contributed by atoms with Crippen molar-refractivity contribution in [2.45, 2.75) is 53.0 Å². The first-order chi connectivity index (χ1) is 8.99. The molecule has 1 aromatic heterocycles. The number of thiazole rings is 1. The van der Waals surface area contributed by atoms with Crippen LogP contribution in [0, 0.1) is 5.41 Å². The van der Waals surface area contributed by atoms with Crippen LogP contribution in [-0.4, -0.2) is 17.4 Å². The summed E-state index contributed by atoms with van der Waals surface area (Å²) in [5.74, 6) is 0.469. The predicted octanol–water partition coefficient (Wildman–Crippen LogP) is 2.65. The molecule has 0 aromatic carbocycles. The minimum atomic E-state index is -0.432. The number of carbonyl (C=O) groups excluding carboxylic acids is 1. The van der Waals surface area contributed by atoms with Gasteiger partial charge in [-0.2, -0.15) is 0 Å². The Hall–Kier alpha value is -0.940. The van der Waals surface area contributed by atoms with Crippen molar-refractivity contribution in [3.63, 3.8) is 0 Å². The van der Waals surface area contributed by atoms with E-state index in [1.54, 1.807) is 11.3 Å². The maximum atomic E-state index is 12.3. The van der Waals surface area contributed by atoms with Crippen molar-refractivity contribution >= 4 is 17.2 Å². The number of nitrogens with zero attached hydrogens (tertiary/aromatic N) is 1. The van der Waals surface area contributed by atoms with Crippen LogP contribution < -0.4 is 11.1 Å². The smallest absolute Gasteiger partial charge is 0.227 e. The molecule has 4 nitrogen and oxygen atoms in total. The fourth-order valence-electron chi connectivity index (χ4n) is 1.97. The van der Waals surface area contributed by atoms with Crippen LogP contribution in [0.3, 0.4) is 0 Å². The zero-order chi connectivity index (χ0) is 14.5. The average Bonchev–Trinajstić information content (AvgIpc) is 2.88. The molecular weight excluding hydrogens is 258 g/mol. The molecule has 3 N–H and O–H groups in total. The van der Waals surface area contributed by atoms with E-state index in [0.717, 1.165) is 23.5 Å². The highest BCUT2D eigenvalue weighted by Gasteiger charge is 2.33. The highest BCUT2D eigenvalue weighted by molar-refractivity contribution is 7.09. The minimum absolute atomic E-state index is 0.0429. The molecule has 0 spiro atoms. The zero-order valence-electron chi connectivity index (χ0n) is 12.3. The Labute approximate surface area is 119 Å². The second kappa shape index (κ2) is 7.01. The molecule has 5 heteroatoms. The molecule has 0 bridgehead atoms. The molecular formula is C14H25N3OS. The van der Waals surface area contributed by atoms with E-state index in [0.29, 0.717) is 19.0 Å². The van der Waals surface area contributed by atoms with E-state index in [4.69, 9.17) is 5.73 Å². The first kappa shape index (κ1) is 16.1. The molecule has 0 radical (unpaired) electrons. The second-order valence-electron chi connectivity index (χ2n) is 5.20. The van der Waals surface area contributed by atoms with Gasteiger partial charge in [0.05, 0.1) is 17.7 Å². The number of hydrogen-bond acceptors (Lipinski definition) is 4. The number of amides is 1. The Morgan fingerprint density at radius 1 is 1.47 bits per heavy atom. The van der Waals surface area contributed by atoms with Gasteiger partial charge in [0, 0.05) is 11.9 Å². The predicted molar refractivity (Wildman–Crippen MR) is 80.1 cm³/mol. The van der Waals surface area contributed by atoms with Crippen molar-refractivity contribution in [1.29, 1.82) is 0 Å². The summed E-state index contributed by atoms with van der Waals surface area (Å²) in [6.45, 7) is 9.14. The summed E-state index contributed by atoms with van der Waals surface area (Å²) >= 11 is 1.60. The number of carbonyl (C=O) groups is 1. The summed E-state index contributed by atoms with van der Waals surface area (Å²) in [6.07, 6.45) is 1.53. The van der Waals surface area contributed by atoms with Crippen molar-refractivity contribution in [1.82, 2.24) is 10.3 Å². The van der Waals surface area contributed by atoms with Crippen LogP contribution in [0.1, 0.15) is 57.2 Å². The number of rotatable bonds is 7. The number of nitrogens with two attached hydrogens (primary N) is 1. The second-order valence-corrected chi connectivity index (χ2v) is 6.14. The molecule has 0 unspecified atom stereocenters. The highest BCUT2D eigenvalue weighted by Crippen LogP contribution is 2.25. The Bertz CT molecular complexity index is 402. The molecule has 1 heterocycles.